The van der Waals surface area contributed by atoms with Gasteiger partial charge in [-0.1, -0.05) is 238 Å². The van der Waals surface area contributed by atoms with Crippen molar-refractivity contribution in [2.24, 2.45) is 0 Å². The first kappa shape index (κ1) is 109. The van der Waals surface area contributed by atoms with E-state index in [1.54, 1.807) is 25.3 Å². The maximum Gasteiger partial charge on any atom is 0.274 e. The third kappa shape index (κ3) is 33.6. The zero-order chi connectivity index (χ0) is 91.7. The number of carbonyl (C=O) groups is 1. The number of benzene rings is 9. The minimum absolute atomic E-state index is 0.150. The van der Waals surface area contributed by atoms with Gasteiger partial charge in [-0.15, -0.1) is 0 Å². The zero-order valence-electron chi connectivity index (χ0n) is 79.9. The van der Waals surface area contributed by atoms with Crippen molar-refractivity contribution in [3.05, 3.63) is 288 Å². The maximum atomic E-state index is 11.1. The fraction of sp³-hybridized carbons (Fsp3) is 0.419. The first-order valence-corrected chi connectivity index (χ1v) is 45.8. The third-order valence-electron chi connectivity index (χ3n) is 20.0. The fourth-order valence-electron chi connectivity index (χ4n) is 13.8. The number of hydrogen-bond donors (Lipinski definition) is 7. The first-order chi connectivity index (χ1) is 59.4. The van der Waals surface area contributed by atoms with E-state index in [0.717, 1.165) is 103 Å². The van der Waals surface area contributed by atoms with E-state index in [1.807, 2.05) is 205 Å². The summed E-state index contributed by atoms with van der Waals surface area (Å²) >= 11 is 0. The molecule has 0 radical (unpaired) electrons. The lowest BCUT2D eigenvalue weighted by atomic mass is 10.0. The van der Waals surface area contributed by atoms with Gasteiger partial charge in [0.05, 0.1) is 15.4 Å². The summed E-state index contributed by atoms with van der Waals surface area (Å²) in [5.74, 6) is 0.150. The molecule has 6 aliphatic heterocycles. The largest absolute Gasteiger partial charge is 0.398 e. The minimum Gasteiger partial charge on any atom is -0.398 e. The van der Waals surface area contributed by atoms with Gasteiger partial charge in [0.25, 0.3) is 11.4 Å². The molecule has 18 rings (SSSR count). The number of nitro benzene ring substituents is 2. The van der Waals surface area contributed by atoms with E-state index in [1.165, 1.54) is 134 Å². The van der Waals surface area contributed by atoms with Crippen LogP contribution in [0.15, 0.2) is 201 Å². The number of aromatic nitrogens is 3. The molecular weight excluding hydrogens is 1510 g/mol. The number of aryl methyl sites for hydroxylation is 5. The number of likely N-dealkylation sites (N-methyl/N-ethyl adjacent to an activating group) is 3. The van der Waals surface area contributed by atoms with E-state index < -0.39 is 0 Å². The highest BCUT2D eigenvalue weighted by molar-refractivity contribution is 5.95. The van der Waals surface area contributed by atoms with Crippen LogP contribution in [0.5, 0.6) is 0 Å². The smallest absolute Gasteiger partial charge is 0.274 e. The molecule has 17 nitrogen and oxygen atoms in total. The standard InChI is InChI=1S/C11H13NO.C11H15N.C10H12N2O2.C10H10N2O2.C10H12N2.C10H13N.C9H11N.C8H9N.C8H7N.9C2H6/c1-8(13)9-3-4-11-10(7-9)5-6-12(11)2;1-3-9-4-5-11-10(8-9)6-7-12(11)2;2*1-2-7-5-8-3-4-11-9(8)6-10(7)12(13)14;1-2-7-5-8-3-4-12-10(8)6-9(7)11;1-2-8-3-4-10-9(7-8)5-6-11-10;1-10-7-6-8-4-2-3-5-9(8)10;2*1-2-4-8-7(3-1)5-6-9-8;9*1-2/h3-4,7H,5-6H2,1-2H3;4-5,8H,3,6-7H2,1-2H3;5-6,11H,2-4H2,1H3;3-6,11H,2H2,1H3;3-6,12H,2,11H2,1H3;3-4,7,11H,2,5-6H2,1H3;2-5H,6-7H2,1H3;1-4,9H,5-6H2;1-6,9H;9*1-2H3. The highest BCUT2D eigenvalue weighted by atomic mass is 16.6. The number of aromatic amines is 3. The van der Waals surface area contributed by atoms with Crippen LogP contribution in [-0.4, -0.2) is 91.0 Å². The van der Waals surface area contributed by atoms with Gasteiger partial charge >= 0.3 is 0 Å². The molecule has 3 aromatic heterocycles. The Morgan fingerprint density at radius 2 is 0.738 bits per heavy atom. The topological polar surface area (TPSA) is 223 Å². The van der Waals surface area contributed by atoms with Crippen molar-refractivity contribution in [2.45, 2.75) is 237 Å². The number of rotatable bonds is 8. The second-order valence-electron chi connectivity index (χ2n) is 26.8. The highest BCUT2D eigenvalue weighted by Crippen LogP contribution is 2.33. The monoisotopic (exact) mass is 1670 g/mol. The van der Waals surface area contributed by atoms with Gasteiger partial charge < -0.3 is 51.3 Å². The van der Waals surface area contributed by atoms with Crippen LogP contribution in [0.2, 0.25) is 0 Å². The molecule has 9 aromatic carbocycles. The van der Waals surface area contributed by atoms with E-state index in [9.17, 15) is 25.0 Å². The van der Waals surface area contributed by atoms with Crippen LogP contribution in [0.4, 0.5) is 51.2 Å². The van der Waals surface area contributed by atoms with E-state index in [4.69, 9.17) is 5.73 Å². The van der Waals surface area contributed by atoms with Crippen molar-refractivity contribution in [2.75, 3.05) is 96.8 Å². The zero-order valence-corrected chi connectivity index (χ0v) is 79.9. The van der Waals surface area contributed by atoms with Crippen molar-refractivity contribution in [1.29, 1.82) is 0 Å². The van der Waals surface area contributed by atoms with Crippen LogP contribution in [-0.2, 0) is 70.6 Å². The lowest BCUT2D eigenvalue weighted by Crippen LogP contribution is -2.12. The Kier molecular flexibility index (Phi) is 55.9. The average Bonchev–Trinajstić information content (AvgIpc) is 1.63. The highest BCUT2D eigenvalue weighted by Gasteiger charge is 2.21. The molecule has 122 heavy (non-hydrogen) atoms. The summed E-state index contributed by atoms with van der Waals surface area (Å²) in [6.45, 7) is 54.5. The van der Waals surface area contributed by atoms with Gasteiger partial charge in [0.2, 0.25) is 0 Å². The van der Waals surface area contributed by atoms with Gasteiger partial charge in [-0.2, -0.15) is 0 Å². The summed E-state index contributed by atoms with van der Waals surface area (Å²) in [6.07, 6.45) is 17.2. The lowest BCUT2D eigenvalue weighted by molar-refractivity contribution is -0.385. The number of nitrogens with zero attached hydrogens (tertiary/aromatic N) is 5. The predicted octanol–water partition coefficient (Wildman–Crippen LogP) is 28.2. The molecule has 0 bridgehead atoms. The van der Waals surface area contributed by atoms with Crippen LogP contribution >= 0.6 is 0 Å². The molecule has 0 unspecified atom stereocenters. The lowest BCUT2D eigenvalue weighted by Gasteiger charge is -2.11. The second kappa shape index (κ2) is 62.7. The first-order valence-electron chi connectivity index (χ1n) is 45.8. The number of nitrogen functional groups attached to an aromatic ring is 1. The van der Waals surface area contributed by atoms with Crippen molar-refractivity contribution in [3.8, 4) is 0 Å². The van der Waals surface area contributed by atoms with Crippen molar-refractivity contribution >= 4 is 89.7 Å². The molecule has 0 saturated carbocycles. The number of ketones is 1. The van der Waals surface area contributed by atoms with Crippen molar-refractivity contribution in [3.63, 3.8) is 0 Å². The van der Waals surface area contributed by atoms with E-state index in [0.29, 0.717) is 12.8 Å². The quantitative estimate of drug-likeness (QED) is 0.0327. The van der Waals surface area contributed by atoms with Crippen LogP contribution in [0.3, 0.4) is 0 Å². The van der Waals surface area contributed by atoms with Crippen LogP contribution in [0.25, 0.3) is 32.7 Å². The number of para-hydroxylation sites is 3. The fourth-order valence-corrected chi connectivity index (χ4v) is 13.8. The molecular formula is C105H156N12O5. The number of hydrogen-bond acceptors (Lipinski definition) is 12. The molecule has 8 N–H and O–H groups in total. The van der Waals surface area contributed by atoms with Crippen LogP contribution in [0.1, 0.15) is 238 Å². The molecule has 0 spiro atoms. The van der Waals surface area contributed by atoms with E-state index >= 15 is 0 Å². The van der Waals surface area contributed by atoms with E-state index in [-0.39, 0.29) is 27.0 Å². The molecule has 0 aliphatic carbocycles. The Hall–Kier alpha value is -11.3. The summed E-state index contributed by atoms with van der Waals surface area (Å²) in [5.41, 5.74) is 33.0. The molecule has 6 aliphatic rings. The number of Topliss-reactive ketones (excluding diaryl/α,β-unsaturated/α-hetero) is 1. The van der Waals surface area contributed by atoms with Gasteiger partial charge in [0.15, 0.2) is 5.78 Å². The summed E-state index contributed by atoms with van der Waals surface area (Å²) in [5, 5.41) is 34.8. The summed E-state index contributed by atoms with van der Waals surface area (Å²) < 4.78 is 0. The summed E-state index contributed by atoms with van der Waals surface area (Å²) in [4.78, 5) is 48.0. The van der Waals surface area contributed by atoms with Crippen molar-refractivity contribution < 1.29 is 14.6 Å². The Labute approximate surface area is 736 Å². The van der Waals surface area contributed by atoms with E-state index in [2.05, 4.69) is 203 Å². The molecule has 0 amide bonds. The molecule has 0 atom stereocenters. The number of H-pyrrole nitrogens is 3. The van der Waals surface area contributed by atoms with Gasteiger partial charge in [0, 0.05) is 164 Å². The molecule has 666 valence electrons. The third-order valence-corrected chi connectivity index (χ3v) is 20.0. The molecule has 0 fully saturated rings. The van der Waals surface area contributed by atoms with Crippen molar-refractivity contribution in [1.82, 2.24) is 15.0 Å². The van der Waals surface area contributed by atoms with Gasteiger partial charge in [-0.05, 0) is 229 Å². The second-order valence-corrected chi connectivity index (χ2v) is 26.8. The number of nitrogens with one attached hydrogen (secondary N) is 6. The normalized spacial score (nSPS) is 11.7. The number of nitrogens with two attached hydrogens (primary N) is 1. The van der Waals surface area contributed by atoms with Crippen LogP contribution in [0, 0.1) is 20.2 Å². The predicted molar refractivity (Wildman–Crippen MR) is 538 cm³/mol. The van der Waals surface area contributed by atoms with Crippen LogP contribution < -0.4 is 36.4 Å². The Balaban J connectivity index is 0.000000672. The molecule has 9 heterocycles. The molecule has 0 saturated heterocycles. The van der Waals surface area contributed by atoms with Gasteiger partial charge in [-0.25, -0.2) is 0 Å². The molecule has 12 aromatic rings. The Morgan fingerprint density at radius 3 is 1.24 bits per heavy atom. The number of fused-ring (bicyclic) bond motifs is 9. The summed E-state index contributed by atoms with van der Waals surface area (Å²) in [6, 6.07) is 62.0. The number of carbonyl (C=O) groups excluding carboxylic acids is 1. The summed E-state index contributed by atoms with van der Waals surface area (Å²) in [7, 11) is 6.39. The minimum atomic E-state index is -0.334. The molecule has 17 heteroatoms. The number of nitro groups is 2. The number of anilines is 7. The average molecular weight is 1670 g/mol. The Bertz CT molecular complexity index is 4830. The SMILES string of the molecule is CC.CC.CC.CC.CC.CC.CC.CC.CC.CC(=O)c1ccc2c(c1)CCN2C.CCc1cc2c(cc1[N+](=O)[O-])NCC2.CCc1cc2cc[nH]c2cc1N.CCc1cc2cc[nH]c2cc1[N+](=O)[O-].CCc1ccc2c(c1)CCN2.CCc1ccc2c(c1)CCN2C.CN1CCc2ccccc21.c1ccc2[nH]ccc2c1.c1ccc2c(c1)CCN2. The van der Waals surface area contributed by atoms with Gasteiger partial charge in [-0.3, -0.25) is 25.0 Å². The Morgan fingerprint density at radius 1 is 0.352 bits per heavy atom. The van der Waals surface area contributed by atoms with Gasteiger partial charge in [0.1, 0.15) is 0 Å². The maximum absolute atomic E-state index is 11.1.